The summed E-state index contributed by atoms with van der Waals surface area (Å²) in [4.78, 5) is 41.5. The molecule has 0 spiro atoms. The Morgan fingerprint density at radius 3 is 2.58 bits per heavy atom. The number of imidazole rings is 1. The van der Waals surface area contributed by atoms with Gasteiger partial charge in [0.05, 0.1) is 28.6 Å². The topological polar surface area (TPSA) is 120 Å². The molecule has 1 amide bonds. The van der Waals surface area contributed by atoms with E-state index in [1.165, 1.54) is 23.1 Å². The number of H-pyrrole nitrogens is 1. The van der Waals surface area contributed by atoms with Gasteiger partial charge in [-0.15, -0.1) is 0 Å². The number of nitro groups is 1. The second kappa shape index (κ2) is 9.37. The summed E-state index contributed by atoms with van der Waals surface area (Å²) in [7, 11) is 0. The number of aryl methyl sites for hydroxylation is 1. The van der Waals surface area contributed by atoms with Gasteiger partial charge >= 0.3 is 0 Å². The average Bonchev–Trinajstić information content (AvgIpc) is 3.41. The molecule has 2 aromatic carbocycles. The molecule has 9 nitrogen and oxygen atoms in total. The number of benzene rings is 2. The Morgan fingerprint density at radius 1 is 1.18 bits per heavy atom. The highest BCUT2D eigenvalue weighted by Crippen LogP contribution is 2.42. The minimum absolute atomic E-state index is 0.161. The molecule has 0 radical (unpaired) electrons. The first-order valence-corrected chi connectivity index (χ1v) is 11.0. The third-order valence-corrected chi connectivity index (χ3v) is 6.03. The Kier molecular flexibility index (Phi) is 6.36. The molecular formula is C23H20BrN4O5+. The first-order chi connectivity index (χ1) is 15.9. The van der Waals surface area contributed by atoms with Gasteiger partial charge in [0.15, 0.2) is 0 Å². The maximum Gasteiger partial charge on any atom is 0.295 e. The van der Waals surface area contributed by atoms with Crippen LogP contribution in [0.3, 0.4) is 0 Å². The molecule has 1 unspecified atom stereocenters. The number of carbonyl (C=O) groups is 2. The number of para-hydroxylation sites is 1. The molecule has 168 valence electrons. The zero-order valence-electron chi connectivity index (χ0n) is 17.3. The fourth-order valence-electron chi connectivity index (χ4n) is 3.97. The highest BCUT2D eigenvalue weighted by molar-refractivity contribution is 9.10. The summed E-state index contributed by atoms with van der Waals surface area (Å²) in [5, 5.41) is 22.8. The Balaban J connectivity index is 1.80. The summed E-state index contributed by atoms with van der Waals surface area (Å²) in [6, 6.07) is 11.5. The predicted molar refractivity (Wildman–Crippen MR) is 122 cm³/mol. The van der Waals surface area contributed by atoms with Gasteiger partial charge in [-0.05, 0) is 18.2 Å². The van der Waals surface area contributed by atoms with E-state index in [-0.39, 0.29) is 29.1 Å². The van der Waals surface area contributed by atoms with Crippen molar-refractivity contribution >= 4 is 39.1 Å². The minimum Gasteiger partial charge on any atom is -0.507 e. The lowest BCUT2D eigenvalue weighted by molar-refractivity contribution is -0.695. The number of ketones is 1. The summed E-state index contributed by atoms with van der Waals surface area (Å²) >= 11 is 3.32. The van der Waals surface area contributed by atoms with Gasteiger partial charge in [-0.25, -0.2) is 4.57 Å². The minimum atomic E-state index is -1.08. The first-order valence-electron chi connectivity index (χ1n) is 10.2. The van der Waals surface area contributed by atoms with E-state index in [1.807, 2.05) is 10.8 Å². The SMILES string of the molecule is O=C1C(=O)N(CCC[n+]2cc[nH]c2)C(c2ccccc2[N+](=O)[O-])/C1=C(\O)c1ccc(Br)cc1. The van der Waals surface area contributed by atoms with E-state index in [9.17, 15) is 24.8 Å². The van der Waals surface area contributed by atoms with Crippen molar-refractivity contribution in [1.82, 2.24) is 9.88 Å². The van der Waals surface area contributed by atoms with E-state index in [2.05, 4.69) is 20.9 Å². The van der Waals surface area contributed by atoms with Crippen LogP contribution in [0.25, 0.3) is 5.76 Å². The van der Waals surface area contributed by atoms with Crippen LogP contribution in [0, 0.1) is 10.1 Å². The molecule has 0 bridgehead atoms. The van der Waals surface area contributed by atoms with Crippen LogP contribution in [-0.4, -0.2) is 38.1 Å². The molecule has 1 aliphatic rings. The number of rotatable bonds is 7. The second-order valence-corrected chi connectivity index (χ2v) is 8.43. The molecule has 2 heterocycles. The molecular weight excluding hydrogens is 492 g/mol. The number of nitrogens with one attached hydrogen (secondary N) is 1. The van der Waals surface area contributed by atoms with Crippen LogP contribution in [0.1, 0.15) is 23.6 Å². The highest BCUT2D eigenvalue weighted by atomic mass is 79.9. The fraction of sp³-hybridized carbons (Fsp3) is 0.174. The van der Waals surface area contributed by atoms with E-state index in [0.717, 1.165) is 4.47 Å². The van der Waals surface area contributed by atoms with Crippen molar-refractivity contribution in [2.24, 2.45) is 0 Å². The number of aromatic nitrogens is 2. The maximum absolute atomic E-state index is 13.1. The predicted octanol–water partition coefficient (Wildman–Crippen LogP) is 3.48. The van der Waals surface area contributed by atoms with Crippen molar-refractivity contribution in [3.8, 4) is 0 Å². The molecule has 1 atom stereocenters. The largest absolute Gasteiger partial charge is 0.507 e. The van der Waals surface area contributed by atoms with E-state index in [4.69, 9.17) is 0 Å². The van der Waals surface area contributed by atoms with Crippen LogP contribution in [0.15, 0.2) is 77.3 Å². The van der Waals surface area contributed by atoms with Crippen molar-refractivity contribution in [3.63, 3.8) is 0 Å². The quantitative estimate of drug-likeness (QED) is 0.125. The molecule has 10 heteroatoms. The summed E-state index contributed by atoms with van der Waals surface area (Å²) < 4.78 is 2.66. The molecule has 33 heavy (non-hydrogen) atoms. The van der Waals surface area contributed by atoms with E-state index in [0.29, 0.717) is 18.5 Å². The molecule has 1 aromatic heterocycles. The van der Waals surface area contributed by atoms with Crippen molar-refractivity contribution in [2.75, 3.05) is 6.54 Å². The van der Waals surface area contributed by atoms with Crippen LogP contribution in [0.2, 0.25) is 0 Å². The normalized spacial score (nSPS) is 17.5. The van der Waals surface area contributed by atoms with Gasteiger partial charge in [-0.2, -0.15) is 0 Å². The summed E-state index contributed by atoms with van der Waals surface area (Å²) in [5.41, 5.74) is 0.124. The van der Waals surface area contributed by atoms with Gasteiger partial charge in [-0.3, -0.25) is 24.7 Å². The standard InChI is InChI=1S/C23H19BrN4O5/c24-16-8-6-15(7-9-16)21(29)19-20(17-4-1-2-5-18(17)28(32)33)27(23(31)22(19)30)12-3-11-26-13-10-25-14-26/h1-2,4-10,13-14,20H,3,11-12H2,(H,29,30)/p+1. The van der Waals surface area contributed by atoms with Crippen LogP contribution in [0.5, 0.6) is 0 Å². The molecule has 1 aliphatic heterocycles. The number of hydrogen-bond acceptors (Lipinski definition) is 5. The highest BCUT2D eigenvalue weighted by Gasteiger charge is 2.47. The molecule has 0 saturated carbocycles. The van der Waals surface area contributed by atoms with E-state index < -0.39 is 22.7 Å². The molecule has 2 N–H and O–H groups in total. The van der Waals surface area contributed by atoms with Gasteiger partial charge in [0.2, 0.25) is 6.33 Å². The Bertz CT molecular complexity index is 1240. The fourth-order valence-corrected chi connectivity index (χ4v) is 4.23. The second-order valence-electron chi connectivity index (χ2n) is 7.52. The zero-order chi connectivity index (χ0) is 23.5. The summed E-state index contributed by atoms with van der Waals surface area (Å²) in [5.74, 6) is -2.03. The number of halogens is 1. The van der Waals surface area contributed by atoms with Gasteiger partial charge in [0.1, 0.15) is 18.2 Å². The van der Waals surface area contributed by atoms with Crippen LogP contribution < -0.4 is 4.57 Å². The Morgan fingerprint density at radius 2 is 1.91 bits per heavy atom. The average molecular weight is 512 g/mol. The lowest BCUT2D eigenvalue weighted by Crippen LogP contribution is -2.36. The first kappa shape index (κ1) is 22.4. The van der Waals surface area contributed by atoms with Crippen LogP contribution in [0.4, 0.5) is 5.69 Å². The number of Topliss-reactive ketones (excluding diaryl/α,β-unsaturated/α-hetero) is 1. The number of nitrogens with zero attached hydrogens (tertiary/aromatic N) is 3. The van der Waals surface area contributed by atoms with E-state index >= 15 is 0 Å². The lowest BCUT2D eigenvalue weighted by atomic mass is 9.94. The molecule has 0 aliphatic carbocycles. The maximum atomic E-state index is 13.1. The number of aliphatic hydroxyl groups excluding tert-OH is 1. The van der Waals surface area contributed by atoms with E-state index in [1.54, 1.807) is 42.9 Å². The van der Waals surface area contributed by atoms with Crippen LogP contribution in [-0.2, 0) is 16.1 Å². The molecule has 3 aromatic rings. The smallest absolute Gasteiger partial charge is 0.295 e. The summed E-state index contributed by atoms with van der Waals surface area (Å²) in [6.07, 6.45) is 5.87. The van der Waals surface area contributed by atoms with Crippen molar-refractivity contribution in [2.45, 2.75) is 19.0 Å². The van der Waals surface area contributed by atoms with Crippen LogP contribution >= 0.6 is 15.9 Å². The lowest BCUT2D eigenvalue weighted by Gasteiger charge is -2.24. The Labute approximate surface area is 197 Å². The number of aromatic amines is 1. The number of amides is 1. The number of aliphatic hydroxyl groups is 1. The zero-order valence-corrected chi connectivity index (χ0v) is 18.9. The van der Waals surface area contributed by atoms with Gasteiger partial charge < -0.3 is 10.0 Å². The number of carbonyl (C=O) groups excluding carboxylic acids is 2. The molecule has 1 saturated heterocycles. The third kappa shape index (κ3) is 4.42. The van der Waals surface area contributed by atoms with Gasteiger partial charge in [-0.1, -0.05) is 40.2 Å². The van der Waals surface area contributed by atoms with Crippen molar-refractivity contribution < 1.29 is 24.2 Å². The van der Waals surface area contributed by atoms with Gasteiger partial charge in [0.25, 0.3) is 17.4 Å². The number of hydrogen-bond donors (Lipinski definition) is 2. The molecule has 4 rings (SSSR count). The monoisotopic (exact) mass is 511 g/mol. The summed E-state index contributed by atoms with van der Waals surface area (Å²) in [6.45, 7) is 0.749. The number of likely N-dealkylation sites (tertiary alicyclic amines) is 1. The number of nitro benzene ring substituents is 1. The molecule has 1 fully saturated rings. The van der Waals surface area contributed by atoms with Crippen molar-refractivity contribution in [3.05, 3.63) is 98.5 Å². The van der Waals surface area contributed by atoms with Crippen molar-refractivity contribution in [1.29, 1.82) is 0 Å². The van der Waals surface area contributed by atoms with Gasteiger partial charge in [0, 0.05) is 29.1 Å². The third-order valence-electron chi connectivity index (χ3n) is 5.50. The Hall–Kier alpha value is -3.79.